The van der Waals surface area contributed by atoms with Crippen molar-refractivity contribution in [2.75, 3.05) is 13.1 Å². The summed E-state index contributed by atoms with van der Waals surface area (Å²) in [7, 11) is 0. The Labute approximate surface area is 84.2 Å². The lowest BCUT2D eigenvalue weighted by Crippen LogP contribution is -2.58. The maximum Gasteiger partial charge on any atom is 0.514 e. The Morgan fingerprint density at radius 3 is 2.93 bits per heavy atom. The van der Waals surface area contributed by atoms with E-state index in [1.54, 1.807) is 0 Å². The van der Waals surface area contributed by atoms with Crippen LogP contribution < -0.4 is 16.8 Å². The van der Waals surface area contributed by atoms with Gasteiger partial charge in [0.05, 0.1) is 0 Å². The van der Waals surface area contributed by atoms with Crippen LogP contribution in [0.2, 0.25) is 0 Å². The third kappa shape index (κ3) is 2.68. The normalized spacial score (nSPS) is 29.5. The molecule has 2 atom stereocenters. The number of carboxylic acid groups (broad SMARTS) is 1. The number of carbonyl (C=O) groups is 2. The molecule has 0 aromatic heterocycles. The zero-order chi connectivity index (χ0) is 11.5. The molecule has 0 amide bonds. The minimum absolute atomic E-state index is 0.247. The molecule has 0 radical (unpaired) electrons. The predicted octanol–water partition coefficient (Wildman–Crippen LogP) is -1.67. The van der Waals surface area contributed by atoms with Gasteiger partial charge in [-0.3, -0.25) is 11.1 Å². The summed E-state index contributed by atoms with van der Waals surface area (Å²) >= 11 is 0. The number of nitrogens with one attached hydrogen (secondary N) is 1. The average Bonchev–Trinajstić information content (AvgIpc) is 2.35. The van der Waals surface area contributed by atoms with Crippen molar-refractivity contribution in [2.45, 2.75) is 12.1 Å². The molecule has 1 aliphatic rings. The highest BCUT2D eigenvalue weighted by atomic mass is 16.9. The summed E-state index contributed by atoms with van der Waals surface area (Å²) < 4.78 is 13.1. The highest BCUT2D eigenvalue weighted by molar-refractivity contribution is 5.64. The van der Waals surface area contributed by atoms with Crippen LogP contribution in [0.1, 0.15) is 0 Å². The molecule has 9 nitrogen and oxygen atoms in total. The van der Waals surface area contributed by atoms with E-state index in [1.165, 1.54) is 0 Å². The van der Waals surface area contributed by atoms with Gasteiger partial charge in [-0.25, -0.2) is 9.59 Å². The monoisotopic (exact) mass is 221 g/mol. The zero-order valence-electron chi connectivity index (χ0n) is 7.63. The highest BCUT2D eigenvalue weighted by Crippen LogP contribution is 2.21. The van der Waals surface area contributed by atoms with Gasteiger partial charge in [0.15, 0.2) is 0 Å². The largest absolute Gasteiger partial charge is 0.514 e. The van der Waals surface area contributed by atoms with Crippen molar-refractivity contribution in [3.8, 4) is 0 Å². The van der Waals surface area contributed by atoms with E-state index in [1.807, 2.05) is 0 Å². The number of cyclic esters (lactones) is 2. The Morgan fingerprint density at radius 2 is 2.40 bits per heavy atom. The molecule has 0 aliphatic carbocycles. The first-order valence-corrected chi connectivity index (χ1v) is 4.02. The van der Waals surface area contributed by atoms with Crippen LogP contribution in [0, 0.1) is 0 Å². The van der Waals surface area contributed by atoms with Crippen molar-refractivity contribution in [1.82, 2.24) is 5.32 Å². The van der Waals surface area contributed by atoms with Gasteiger partial charge in [-0.2, -0.15) is 0 Å². The molecule has 0 spiro atoms. The quantitative estimate of drug-likeness (QED) is 0.323. The Hall–Kier alpha value is -1.58. The molecular formula is C6H11N3O6. The van der Waals surface area contributed by atoms with Gasteiger partial charge in [0.25, 0.3) is 6.23 Å². The number of nitrogens with two attached hydrogens (primary N) is 2. The Kier molecular flexibility index (Phi) is 3.29. The molecule has 15 heavy (non-hydrogen) atoms. The second-order valence-electron chi connectivity index (χ2n) is 2.68. The van der Waals surface area contributed by atoms with E-state index in [0.29, 0.717) is 0 Å². The van der Waals surface area contributed by atoms with Gasteiger partial charge in [0.2, 0.25) is 0 Å². The van der Waals surface area contributed by atoms with E-state index in [-0.39, 0.29) is 13.1 Å². The third-order valence-corrected chi connectivity index (χ3v) is 1.54. The van der Waals surface area contributed by atoms with Crippen LogP contribution in [0.15, 0.2) is 0 Å². The number of ether oxygens (including phenoxy) is 3. The molecule has 0 bridgehead atoms. The van der Waals surface area contributed by atoms with E-state index in [4.69, 9.17) is 16.6 Å². The minimum Gasteiger partial charge on any atom is -0.450 e. The van der Waals surface area contributed by atoms with Crippen LogP contribution in [-0.4, -0.2) is 42.6 Å². The fourth-order valence-electron chi connectivity index (χ4n) is 0.995. The van der Waals surface area contributed by atoms with Crippen molar-refractivity contribution < 1.29 is 28.9 Å². The topological polar surface area (TPSA) is 146 Å². The SMILES string of the molecule is NCCNC1OC(=O)OC1(N)OC(=O)O. The average molecular weight is 221 g/mol. The zero-order valence-corrected chi connectivity index (χ0v) is 7.63. The summed E-state index contributed by atoms with van der Waals surface area (Å²) in [6.45, 7) is 0.500. The second kappa shape index (κ2) is 4.29. The van der Waals surface area contributed by atoms with Crippen LogP contribution in [0.4, 0.5) is 9.59 Å². The lowest BCUT2D eigenvalue weighted by Gasteiger charge is -2.24. The summed E-state index contributed by atoms with van der Waals surface area (Å²) in [6, 6.07) is 0. The Morgan fingerprint density at radius 1 is 1.73 bits per heavy atom. The van der Waals surface area contributed by atoms with Gasteiger partial charge in [-0.05, 0) is 0 Å². The van der Waals surface area contributed by atoms with Crippen molar-refractivity contribution in [2.24, 2.45) is 11.5 Å². The van der Waals surface area contributed by atoms with E-state index >= 15 is 0 Å². The molecule has 1 heterocycles. The van der Waals surface area contributed by atoms with Gasteiger partial charge in [-0.15, -0.1) is 0 Å². The summed E-state index contributed by atoms with van der Waals surface area (Å²) in [5, 5.41) is 10.9. The Bertz CT molecular complexity index is 272. The molecule has 0 aromatic carbocycles. The van der Waals surface area contributed by atoms with Crippen molar-refractivity contribution in [1.29, 1.82) is 0 Å². The molecule has 9 heteroatoms. The predicted molar refractivity (Wildman–Crippen MR) is 44.4 cm³/mol. The molecule has 0 aromatic rings. The number of hydrogen-bond donors (Lipinski definition) is 4. The lowest BCUT2D eigenvalue weighted by molar-refractivity contribution is -0.175. The van der Waals surface area contributed by atoms with E-state index in [9.17, 15) is 9.59 Å². The van der Waals surface area contributed by atoms with Crippen LogP contribution in [0.5, 0.6) is 0 Å². The van der Waals surface area contributed by atoms with E-state index < -0.39 is 24.4 Å². The van der Waals surface area contributed by atoms with E-state index in [0.717, 1.165) is 0 Å². The highest BCUT2D eigenvalue weighted by Gasteiger charge is 2.52. The number of hydrogen-bond acceptors (Lipinski definition) is 8. The summed E-state index contributed by atoms with van der Waals surface area (Å²) in [5.41, 5.74) is 10.6. The molecule has 1 rings (SSSR count). The van der Waals surface area contributed by atoms with Gasteiger partial charge in [0.1, 0.15) is 0 Å². The van der Waals surface area contributed by atoms with Crippen molar-refractivity contribution in [3.63, 3.8) is 0 Å². The third-order valence-electron chi connectivity index (χ3n) is 1.54. The molecule has 1 fully saturated rings. The maximum atomic E-state index is 10.7. The van der Waals surface area contributed by atoms with Crippen LogP contribution in [-0.2, 0) is 14.2 Å². The molecule has 2 unspecified atom stereocenters. The minimum atomic E-state index is -2.18. The molecule has 1 aliphatic heterocycles. The fraction of sp³-hybridized carbons (Fsp3) is 0.667. The molecule has 1 saturated heterocycles. The molecule has 0 saturated carbocycles. The summed E-state index contributed by atoms with van der Waals surface area (Å²) in [5.74, 6) is -2.18. The molecule has 6 N–H and O–H groups in total. The summed E-state index contributed by atoms with van der Waals surface area (Å²) in [6.07, 6.45) is -4.02. The molecule has 86 valence electrons. The van der Waals surface area contributed by atoms with Gasteiger partial charge < -0.3 is 25.1 Å². The van der Waals surface area contributed by atoms with Gasteiger partial charge in [-0.1, -0.05) is 0 Å². The van der Waals surface area contributed by atoms with Crippen LogP contribution in [0.25, 0.3) is 0 Å². The first kappa shape index (κ1) is 11.5. The van der Waals surface area contributed by atoms with Gasteiger partial charge in [0, 0.05) is 13.1 Å². The maximum absolute atomic E-state index is 10.7. The summed E-state index contributed by atoms with van der Waals surface area (Å²) in [4.78, 5) is 21.0. The fourth-order valence-corrected chi connectivity index (χ4v) is 0.995. The lowest BCUT2D eigenvalue weighted by atomic mass is 10.4. The molecular weight excluding hydrogens is 210 g/mol. The van der Waals surface area contributed by atoms with E-state index in [2.05, 4.69) is 19.5 Å². The number of rotatable bonds is 4. The number of carbonyl (C=O) groups excluding carboxylic acids is 1. The Balaban J connectivity index is 2.65. The van der Waals surface area contributed by atoms with Crippen LogP contribution in [0.3, 0.4) is 0 Å². The standard InChI is InChI=1S/C6H11N3O6/c7-1-2-9-3-6(8,14-4(10)11)15-5(12)13-3/h3,9H,1-2,7-8H2,(H,10,11). The second-order valence-corrected chi connectivity index (χ2v) is 2.68. The van der Waals surface area contributed by atoms with Gasteiger partial charge >= 0.3 is 18.2 Å². The smallest absolute Gasteiger partial charge is 0.450 e. The van der Waals surface area contributed by atoms with Crippen LogP contribution >= 0.6 is 0 Å². The van der Waals surface area contributed by atoms with Crippen molar-refractivity contribution in [3.05, 3.63) is 0 Å². The first-order valence-electron chi connectivity index (χ1n) is 4.02. The first-order chi connectivity index (χ1) is 6.98. The van der Waals surface area contributed by atoms with Crippen molar-refractivity contribution >= 4 is 12.3 Å².